The summed E-state index contributed by atoms with van der Waals surface area (Å²) in [6.07, 6.45) is -48.2. The first kappa shape index (κ1) is 65.7. The molecule has 75 heavy (non-hydrogen) atoms. The van der Waals surface area contributed by atoms with Gasteiger partial charge < -0.3 is 160 Å². The van der Waals surface area contributed by atoms with Crippen LogP contribution in [0.5, 0.6) is 0 Å². The average Bonchev–Trinajstić information content (AvgIpc) is 3.38. The largest absolute Gasteiger partial charge is 0.477 e. The zero-order valence-electron chi connectivity index (χ0n) is 41.0. The van der Waals surface area contributed by atoms with E-state index in [1.165, 1.54) is 6.92 Å². The summed E-state index contributed by atoms with van der Waals surface area (Å²) in [5, 5.41) is 209. The zero-order valence-corrected chi connectivity index (χ0v) is 41.0. The lowest BCUT2D eigenvalue weighted by atomic mass is 9.88. The smallest absolute Gasteiger partial charge is 0.364 e. The summed E-state index contributed by atoms with van der Waals surface area (Å²) < 4.78 is 61.8. The van der Waals surface area contributed by atoms with Crippen LogP contribution in [0.1, 0.15) is 27.2 Å². The van der Waals surface area contributed by atoms with Crippen molar-refractivity contribution < 1.29 is 159 Å². The second kappa shape index (κ2) is 29.6. The summed E-state index contributed by atoms with van der Waals surface area (Å²) in [5.41, 5.74) is 5.93. The Morgan fingerprint density at radius 2 is 1.15 bits per heavy atom. The highest BCUT2D eigenvalue weighted by atomic mass is 16.8. The third kappa shape index (κ3) is 15.8. The molecule has 0 aromatic rings. The molecular weight excluding hydrogens is 1030 g/mol. The molecule has 29 atom stereocenters. The molecule has 0 bridgehead atoms. The standard InChI is InChI=1S/C42H77NO32/c1-13-32(72-40-31(61)35(28(58)23(10-49)71-40)75-42(41(63)64)4-16(53)25(43)34(74-42)26(56)17(54)5-44)27(57)22(9-48)70-37(13)65-12-18(55)19(6-45)67-38(14(2)51)68-20(7-46)21(8-47)69-39(15(3)52)73-33-24(11-50)66-36(62)30(60)29(33)59/h13-40,44-62H,4-12,43H2,1-3H3,(H,63,64)/t13-,14-,15-,16+,17+,18+,19?,20+,21?,22?,23?,24?,25+,26+,27-,28-,29?,30?,31-,32?,33+,34?,35?,36+,37+,38+,39-,40-,42-/m0/s1. The highest BCUT2D eigenvalue weighted by Crippen LogP contribution is 2.39. The SMILES string of the molecule is C[C@H](O)[C@H](OC(CO)[C@H](O)CO[C@@H]1OC(CO)[C@H](O)C(O[C@@H]2OC(CO)[C@H](O)C(O[C@]3(C(=O)O)C[C@@H](O)[C@@H](N)C([C@H](O)[C@H](O)CO)O3)[C@@H]2O)[C@@H]1C)O[C@H](CO)C(CO)O[C@@H](O[C@@H]1C(CO)O[C@@H](O)C(O)C1O)[C@H](C)O. The molecular formula is C42H77NO32. The molecule has 33 heteroatoms. The first-order valence-corrected chi connectivity index (χ1v) is 23.9. The van der Waals surface area contributed by atoms with Gasteiger partial charge in [-0.1, -0.05) is 6.92 Å². The van der Waals surface area contributed by atoms with E-state index in [2.05, 4.69) is 0 Å². The quantitative estimate of drug-likeness (QED) is 0.0309. The van der Waals surface area contributed by atoms with Crippen LogP contribution in [0.15, 0.2) is 0 Å². The molecule has 0 aliphatic carbocycles. The van der Waals surface area contributed by atoms with E-state index >= 15 is 0 Å². The van der Waals surface area contributed by atoms with Crippen molar-refractivity contribution in [2.45, 2.75) is 199 Å². The van der Waals surface area contributed by atoms with E-state index in [-0.39, 0.29) is 0 Å². The Kier molecular flexibility index (Phi) is 26.0. The molecule has 0 spiro atoms. The Labute approximate surface area is 427 Å². The molecule has 0 aromatic carbocycles. The molecule has 0 aromatic heterocycles. The van der Waals surface area contributed by atoms with E-state index in [0.717, 1.165) is 13.8 Å². The fourth-order valence-corrected chi connectivity index (χ4v) is 8.62. The molecule has 4 aliphatic heterocycles. The normalized spacial score (nSPS) is 40.9. The number of carbonyl (C=O) groups is 1. The van der Waals surface area contributed by atoms with E-state index in [0.29, 0.717) is 0 Å². The second-order valence-electron chi connectivity index (χ2n) is 18.7. The van der Waals surface area contributed by atoms with Crippen LogP contribution < -0.4 is 5.73 Å². The number of aliphatic hydroxyl groups is 19. The minimum Gasteiger partial charge on any atom is -0.477 e. The maximum atomic E-state index is 12.8. The number of carboxylic acids is 1. The van der Waals surface area contributed by atoms with Crippen LogP contribution in [0.2, 0.25) is 0 Å². The zero-order chi connectivity index (χ0) is 56.4. The van der Waals surface area contributed by atoms with Gasteiger partial charge in [-0.3, -0.25) is 0 Å². The summed E-state index contributed by atoms with van der Waals surface area (Å²) >= 11 is 0. The number of hydrogen-bond acceptors (Lipinski definition) is 32. The highest BCUT2D eigenvalue weighted by Gasteiger charge is 2.59. The minimum atomic E-state index is -3.05. The van der Waals surface area contributed by atoms with Crippen LogP contribution in [0.25, 0.3) is 0 Å². The van der Waals surface area contributed by atoms with Gasteiger partial charge in [0.2, 0.25) is 0 Å². The van der Waals surface area contributed by atoms with Crippen LogP contribution >= 0.6 is 0 Å². The molecule has 442 valence electrons. The molecule has 33 nitrogen and oxygen atoms in total. The van der Waals surface area contributed by atoms with Gasteiger partial charge in [-0.25, -0.2) is 4.79 Å². The molecule has 0 amide bonds. The molecule has 4 saturated heterocycles. The lowest BCUT2D eigenvalue weighted by Gasteiger charge is -2.50. The monoisotopic (exact) mass is 1110 g/mol. The van der Waals surface area contributed by atoms with Gasteiger partial charge >= 0.3 is 5.97 Å². The van der Waals surface area contributed by atoms with Crippen molar-refractivity contribution in [3.63, 3.8) is 0 Å². The lowest BCUT2D eigenvalue weighted by molar-refractivity contribution is -0.383. The molecule has 4 aliphatic rings. The van der Waals surface area contributed by atoms with Crippen molar-refractivity contribution in [3.05, 3.63) is 0 Å². The maximum absolute atomic E-state index is 12.8. The number of aliphatic hydroxyl groups excluding tert-OH is 19. The summed E-state index contributed by atoms with van der Waals surface area (Å²) in [4.78, 5) is 12.8. The topological polar surface area (TPSA) is 549 Å². The predicted molar refractivity (Wildman–Crippen MR) is 235 cm³/mol. The molecule has 22 N–H and O–H groups in total. The molecule has 0 radical (unpaired) electrons. The van der Waals surface area contributed by atoms with Crippen molar-refractivity contribution in [2.75, 3.05) is 52.9 Å². The van der Waals surface area contributed by atoms with Gasteiger partial charge in [0.1, 0.15) is 116 Å². The second-order valence-corrected chi connectivity index (χ2v) is 18.7. The first-order valence-electron chi connectivity index (χ1n) is 23.9. The van der Waals surface area contributed by atoms with E-state index in [9.17, 15) is 107 Å². The lowest BCUT2D eigenvalue weighted by Crippen LogP contribution is -2.70. The fourth-order valence-electron chi connectivity index (χ4n) is 8.62. The van der Waals surface area contributed by atoms with Gasteiger partial charge in [-0.15, -0.1) is 0 Å². The Morgan fingerprint density at radius 3 is 1.65 bits per heavy atom. The minimum absolute atomic E-state index is 0.806. The van der Waals surface area contributed by atoms with Crippen LogP contribution in [-0.4, -0.2) is 332 Å². The predicted octanol–water partition coefficient (Wildman–Crippen LogP) is -12.4. The van der Waals surface area contributed by atoms with E-state index in [1.54, 1.807) is 0 Å². The highest BCUT2D eigenvalue weighted by molar-refractivity contribution is 5.76. The van der Waals surface area contributed by atoms with Crippen LogP contribution in [0, 0.1) is 5.92 Å². The summed E-state index contributed by atoms with van der Waals surface area (Å²) in [7, 11) is 0. The molecule has 4 heterocycles. The van der Waals surface area contributed by atoms with Gasteiger partial charge in [-0.2, -0.15) is 0 Å². The third-order valence-electron chi connectivity index (χ3n) is 13.1. The van der Waals surface area contributed by atoms with Gasteiger partial charge in [0.15, 0.2) is 31.5 Å². The van der Waals surface area contributed by atoms with Gasteiger partial charge in [0.25, 0.3) is 5.79 Å². The van der Waals surface area contributed by atoms with E-state index in [1.807, 2.05) is 0 Å². The average molecular weight is 1110 g/mol. The van der Waals surface area contributed by atoms with E-state index in [4.69, 9.17) is 57.8 Å². The van der Waals surface area contributed by atoms with Gasteiger partial charge in [-0.05, 0) is 13.8 Å². The Bertz CT molecular complexity index is 1660. The van der Waals surface area contributed by atoms with Crippen molar-refractivity contribution >= 4 is 5.97 Å². The van der Waals surface area contributed by atoms with E-state index < -0.39 is 243 Å². The molecule has 4 fully saturated rings. The maximum Gasteiger partial charge on any atom is 0.364 e. The van der Waals surface area contributed by atoms with Gasteiger partial charge in [0, 0.05) is 12.3 Å². The summed E-state index contributed by atoms with van der Waals surface area (Å²) in [6.45, 7) is -3.98. The molecule has 10 unspecified atom stereocenters. The number of hydrogen-bond donors (Lipinski definition) is 21. The van der Waals surface area contributed by atoms with Crippen LogP contribution in [-0.2, 0) is 56.9 Å². The van der Waals surface area contributed by atoms with Crippen molar-refractivity contribution in [2.24, 2.45) is 11.7 Å². The number of carboxylic acid groups (broad SMARTS) is 1. The Balaban J connectivity index is 1.47. The van der Waals surface area contributed by atoms with Gasteiger partial charge in [0.05, 0.1) is 71.1 Å². The summed E-state index contributed by atoms with van der Waals surface area (Å²) in [6, 6.07) is -1.57. The van der Waals surface area contributed by atoms with Crippen molar-refractivity contribution in [1.29, 1.82) is 0 Å². The molecule has 0 saturated carbocycles. The Hall–Kier alpha value is -1.77. The third-order valence-corrected chi connectivity index (χ3v) is 13.1. The van der Waals surface area contributed by atoms with Crippen molar-refractivity contribution in [3.8, 4) is 0 Å². The number of nitrogens with two attached hydrogens (primary N) is 1. The van der Waals surface area contributed by atoms with Crippen molar-refractivity contribution in [1.82, 2.24) is 0 Å². The number of aliphatic carboxylic acids is 1. The first-order chi connectivity index (χ1) is 35.3. The summed E-state index contributed by atoms with van der Waals surface area (Å²) in [5.74, 6) is -6.22. The Morgan fingerprint density at radius 1 is 0.627 bits per heavy atom. The van der Waals surface area contributed by atoms with Crippen LogP contribution in [0.3, 0.4) is 0 Å². The number of rotatable bonds is 29. The fraction of sp³-hybridized carbons (Fsp3) is 0.976. The number of ether oxygens (including phenoxy) is 11. The molecule has 4 rings (SSSR count). The van der Waals surface area contributed by atoms with Crippen LogP contribution in [0.4, 0.5) is 0 Å².